The Kier molecular flexibility index (Phi) is 4.65. The summed E-state index contributed by atoms with van der Waals surface area (Å²) in [5.41, 5.74) is 0.947. The van der Waals surface area contributed by atoms with Crippen molar-refractivity contribution in [2.45, 2.75) is 45.8 Å². The van der Waals surface area contributed by atoms with Gasteiger partial charge in [0.1, 0.15) is 5.76 Å². The third kappa shape index (κ3) is 4.12. The van der Waals surface area contributed by atoms with Crippen LogP contribution in [0.3, 0.4) is 0 Å². The monoisotopic (exact) mass is 228 g/mol. The van der Waals surface area contributed by atoms with Crippen molar-refractivity contribution in [3.05, 3.63) is 24.2 Å². The summed E-state index contributed by atoms with van der Waals surface area (Å²) in [5, 5.41) is 0.198. The van der Waals surface area contributed by atoms with Crippen LogP contribution in [0, 0.1) is 0 Å². The molecule has 0 aromatic heterocycles. The minimum atomic E-state index is -1.76. The van der Waals surface area contributed by atoms with Gasteiger partial charge in [0.2, 0.25) is 8.32 Å². The molecule has 0 atom stereocenters. The summed E-state index contributed by atoms with van der Waals surface area (Å²) in [5.74, 6) is 0.725. The van der Waals surface area contributed by atoms with E-state index in [4.69, 9.17) is 9.16 Å². The zero-order valence-corrected chi connectivity index (χ0v) is 12.1. The SMILES string of the molecule is C=C(O[Si](C)(C)C(C)(C)C)/C(C)=C/OC. The van der Waals surface area contributed by atoms with E-state index in [1.165, 1.54) is 0 Å². The second-order valence-corrected chi connectivity index (χ2v) is 10.0. The highest BCUT2D eigenvalue weighted by Gasteiger charge is 2.39. The molecule has 0 saturated carbocycles. The number of rotatable bonds is 4. The summed E-state index contributed by atoms with van der Waals surface area (Å²) in [6.45, 7) is 16.9. The predicted octanol–water partition coefficient (Wildman–Crippen LogP) is 4.07. The lowest BCUT2D eigenvalue weighted by Crippen LogP contribution is -2.40. The van der Waals surface area contributed by atoms with Crippen molar-refractivity contribution in [2.24, 2.45) is 0 Å². The largest absolute Gasteiger partial charge is 0.544 e. The van der Waals surface area contributed by atoms with Gasteiger partial charge in [-0.3, -0.25) is 0 Å². The second kappa shape index (κ2) is 4.88. The smallest absolute Gasteiger partial charge is 0.250 e. The van der Waals surface area contributed by atoms with Gasteiger partial charge in [0.15, 0.2) is 0 Å². The second-order valence-electron chi connectivity index (χ2n) is 5.32. The van der Waals surface area contributed by atoms with E-state index in [0.717, 1.165) is 11.3 Å². The minimum absolute atomic E-state index is 0.198. The summed E-state index contributed by atoms with van der Waals surface area (Å²) < 4.78 is 11.0. The van der Waals surface area contributed by atoms with Gasteiger partial charge < -0.3 is 9.16 Å². The molecule has 0 bridgehead atoms. The van der Waals surface area contributed by atoms with Gasteiger partial charge in [-0.25, -0.2) is 0 Å². The Morgan fingerprint density at radius 1 is 1.27 bits per heavy atom. The molecule has 3 heteroatoms. The van der Waals surface area contributed by atoms with Gasteiger partial charge in [-0.05, 0) is 25.1 Å². The summed E-state index contributed by atoms with van der Waals surface area (Å²) in [4.78, 5) is 0. The van der Waals surface area contributed by atoms with E-state index in [9.17, 15) is 0 Å². The maximum absolute atomic E-state index is 6.01. The first-order valence-corrected chi connectivity index (χ1v) is 8.10. The lowest BCUT2D eigenvalue weighted by atomic mass is 10.2. The molecule has 0 spiro atoms. The maximum atomic E-state index is 6.01. The Bertz CT molecular complexity index is 259. The van der Waals surface area contributed by atoms with Crippen LogP contribution >= 0.6 is 0 Å². The van der Waals surface area contributed by atoms with E-state index >= 15 is 0 Å². The van der Waals surface area contributed by atoms with E-state index in [0.29, 0.717) is 0 Å². The fourth-order valence-corrected chi connectivity index (χ4v) is 1.87. The molecule has 0 aliphatic heterocycles. The first-order valence-electron chi connectivity index (χ1n) is 5.19. The molecule has 0 aromatic rings. The fourth-order valence-electron chi connectivity index (χ4n) is 0.784. The van der Waals surface area contributed by atoms with Gasteiger partial charge in [0, 0.05) is 5.57 Å². The van der Waals surface area contributed by atoms with Crippen molar-refractivity contribution in [3.8, 4) is 0 Å². The van der Waals surface area contributed by atoms with Crippen molar-refractivity contribution in [3.63, 3.8) is 0 Å². The minimum Gasteiger partial charge on any atom is -0.544 e. The lowest BCUT2D eigenvalue weighted by Gasteiger charge is -2.37. The van der Waals surface area contributed by atoms with Crippen molar-refractivity contribution in [1.29, 1.82) is 0 Å². The van der Waals surface area contributed by atoms with Crippen LogP contribution in [0.1, 0.15) is 27.7 Å². The van der Waals surface area contributed by atoms with Crippen LogP contribution in [0.5, 0.6) is 0 Å². The highest BCUT2D eigenvalue weighted by molar-refractivity contribution is 6.74. The van der Waals surface area contributed by atoms with Gasteiger partial charge in [-0.1, -0.05) is 27.4 Å². The van der Waals surface area contributed by atoms with Crippen molar-refractivity contribution >= 4 is 8.32 Å². The number of allylic oxidation sites excluding steroid dienone is 1. The topological polar surface area (TPSA) is 18.5 Å². The first-order chi connectivity index (χ1) is 6.62. The molecule has 0 aromatic carbocycles. The van der Waals surface area contributed by atoms with Crippen LogP contribution in [-0.4, -0.2) is 15.4 Å². The van der Waals surface area contributed by atoms with Crippen LogP contribution in [-0.2, 0) is 9.16 Å². The molecule has 0 unspecified atom stereocenters. The van der Waals surface area contributed by atoms with Crippen molar-refractivity contribution in [1.82, 2.24) is 0 Å². The predicted molar refractivity (Wildman–Crippen MR) is 68.2 cm³/mol. The van der Waals surface area contributed by atoms with Gasteiger partial charge in [-0.15, -0.1) is 0 Å². The van der Waals surface area contributed by atoms with E-state index in [2.05, 4.69) is 40.4 Å². The molecular weight excluding hydrogens is 204 g/mol. The number of hydrogen-bond donors (Lipinski definition) is 0. The Morgan fingerprint density at radius 2 is 1.73 bits per heavy atom. The molecule has 15 heavy (non-hydrogen) atoms. The summed E-state index contributed by atoms with van der Waals surface area (Å²) in [6, 6.07) is 0. The number of ether oxygens (including phenoxy) is 1. The molecule has 0 heterocycles. The molecule has 0 rings (SSSR count). The molecule has 0 fully saturated rings. The van der Waals surface area contributed by atoms with Crippen molar-refractivity contribution in [2.75, 3.05) is 7.11 Å². The quantitative estimate of drug-likeness (QED) is 0.410. The molecule has 0 aliphatic carbocycles. The number of methoxy groups -OCH3 is 1. The Balaban J connectivity index is 4.62. The summed E-state index contributed by atoms with van der Waals surface area (Å²) in [6.07, 6.45) is 1.66. The molecule has 0 amide bonds. The van der Waals surface area contributed by atoms with E-state index in [1.54, 1.807) is 13.4 Å². The highest BCUT2D eigenvalue weighted by Crippen LogP contribution is 2.38. The molecule has 0 saturated heterocycles. The molecular formula is C12H24O2Si. The van der Waals surface area contributed by atoms with Gasteiger partial charge in [-0.2, -0.15) is 0 Å². The van der Waals surface area contributed by atoms with Gasteiger partial charge in [0.05, 0.1) is 13.4 Å². The zero-order chi connectivity index (χ0) is 12.3. The molecule has 0 N–H and O–H groups in total. The van der Waals surface area contributed by atoms with E-state index in [-0.39, 0.29) is 5.04 Å². The van der Waals surface area contributed by atoms with Crippen molar-refractivity contribution < 1.29 is 9.16 Å². The molecule has 0 aliphatic rings. The zero-order valence-electron chi connectivity index (χ0n) is 11.1. The Labute approximate surface area is 95.1 Å². The van der Waals surface area contributed by atoms with Crippen LogP contribution in [0.4, 0.5) is 0 Å². The van der Waals surface area contributed by atoms with E-state index in [1.807, 2.05) is 6.92 Å². The molecule has 88 valence electrons. The average molecular weight is 228 g/mol. The van der Waals surface area contributed by atoms with Gasteiger partial charge in [0.25, 0.3) is 0 Å². The third-order valence-corrected chi connectivity index (χ3v) is 7.29. The Hall–Kier alpha value is -0.703. The average Bonchev–Trinajstić information content (AvgIpc) is 2.01. The normalized spacial score (nSPS) is 13.7. The maximum Gasteiger partial charge on any atom is 0.250 e. The van der Waals surface area contributed by atoms with Crippen LogP contribution < -0.4 is 0 Å². The third-order valence-electron chi connectivity index (χ3n) is 2.92. The van der Waals surface area contributed by atoms with Crippen LogP contribution in [0.25, 0.3) is 0 Å². The van der Waals surface area contributed by atoms with Crippen LogP contribution in [0.15, 0.2) is 24.2 Å². The molecule has 0 radical (unpaired) electrons. The fraction of sp³-hybridized carbons (Fsp3) is 0.667. The Morgan fingerprint density at radius 3 is 2.07 bits per heavy atom. The van der Waals surface area contributed by atoms with Crippen LogP contribution in [0.2, 0.25) is 18.1 Å². The first kappa shape index (κ1) is 14.3. The lowest BCUT2D eigenvalue weighted by molar-refractivity contribution is 0.327. The molecule has 2 nitrogen and oxygen atoms in total. The standard InChI is InChI=1S/C12H24O2Si/c1-10(9-13-6)11(2)14-15(7,8)12(3,4)5/h9H,2H2,1,3-8H3/b10-9+. The van der Waals surface area contributed by atoms with Gasteiger partial charge >= 0.3 is 0 Å². The highest BCUT2D eigenvalue weighted by atomic mass is 28.4. The number of hydrogen-bond acceptors (Lipinski definition) is 2. The summed E-state index contributed by atoms with van der Waals surface area (Å²) >= 11 is 0. The van der Waals surface area contributed by atoms with E-state index < -0.39 is 8.32 Å². The summed E-state index contributed by atoms with van der Waals surface area (Å²) in [7, 11) is -0.128.